The Morgan fingerprint density at radius 1 is 1.02 bits per heavy atom. The molecule has 41 heavy (non-hydrogen) atoms. The highest BCUT2D eigenvalue weighted by molar-refractivity contribution is 5.81. The van der Waals surface area contributed by atoms with Gasteiger partial charge in [-0.1, -0.05) is 67.6 Å². The molecule has 3 rings (SSSR count). The largest absolute Gasteiger partial charge is 0.467 e. The molecule has 3 atom stereocenters. The van der Waals surface area contributed by atoms with Gasteiger partial charge in [0.15, 0.2) is 0 Å². The third-order valence-corrected chi connectivity index (χ3v) is 7.15. The van der Waals surface area contributed by atoms with Crippen molar-refractivity contribution in [2.45, 2.75) is 84.4 Å². The van der Waals surface area contributed by atoms with Crippen LogP contribution in [0.15, 0.2) is 60.7 Å². The molecule has 0 bridgehead atoms. The molecule has 224 valence electrons. The second-order valence-electron chi connectivity index (χ2n) is 11.9. The third kappa shape index (κ3) is 8.95. The normalized spacial score (nSPS) is 17.8. The molecule has 0 unspecified atom stereocenters. The molecule has 0 spiro atoms. The molecule has 2 amide bonds. The highest BCUT2D eigenvalue weighted by atomic mass is 16.6. The molecule has 0 radical (unpaired) electrons. The number of rotatable bonds is 10. The van der Waals surface area contributed by atoms with Gasteiger partial charge in [-0.25, -0.2) is 14.4 Å². The SMILES string of the molecule is COC(=O)[C@H](Cc1ccccc1)N(CC[C@@H](C)[C@H]1COC(C)(C)N1C(=O)OC(C)(C)C)C(=O)OCc1ccccc1. The van der Waals surface area contributed by atoms with Gasteiger partial charge in [-0.05, 0) is 58.1 Å². The molecule has 9 heteroatoms. The minimum absolute atomic E-state index is 0.0715. The fourth-order valence-corrected chi connectivity index (χ4v) is 4.92. The van der Waals surface area contributed by atoms with Crippen LogP contribution in [0.25, 0.3) is 0 Å². The predicted molar refractivity (Wildman–Crippen MR) is 155 cm³/mol. The maximum Gasteiger partial charge on any atom is 0.412 e. The van der Waals surface area contributed by atoms with E-state index in [4.69, 9.17) is 18.9 Å². The fraction of sp³-hybridized carbons (Fsp3) is 0.531. The summed E-state index contributed by atoms with van der Waals surface area (Å²) in [5, 5.41) is 0. The molecule has 1 fully saturated rings. The Labute approximate surface area is 243 Å². The van der Waals surface area contributed by atoms with Crippen LogP contribution in [0.5, 0.6) is 0 Å². The number of carbonyl (C=O) groups excluding carboxylic acids is 3. The number of nitrogens with zero attached hydrogens (tertiary/aromatic N) is 2. The number of esters is 1. The first kappa shape index (κ1) is 31.9. The van der Waals surface area contributed by atoms with Crippen LogP contribution in [0.3, 0.4) is 0 Å². The van der Waals surface area contributed by atoms with Crippen molar-refractivity contribution in [3.8, 4) is 0 Å². The van der Waals surface area contributed by atoms with E-state index in [0.29, 0.717) is 13.0 Å². The van der Waals surface area contributed by atoms with Crippen LogP contribution < -0.4 is 0 Å². The summed E-state index contributed by atoms with van der Waals surface area (Å²) in [7, 11) is 1.31. The van der Waals surface area contributed by atoms with E-state index >= 15 is 0 Å². The van der Waals surface area contributed by atoms with E-state index in [1.54, 1.807) is 4.90 Å². The van der Waals surface area contributed by atoms with Crippen LogP contribution in [-0.4, -0.2) is 71.6 Å². The number of hydrogen-bond acceptors (Lipinski definition) is 7. The molecular weight excluding hydrogens is 524 g/mol. The van der Waals surface area contributed by atoms with Crippen molar-refractivity contribution in [1.82, 2.24) is 9.80 Å². The van der Waals surface area contributed by atoms with Gasteiger partial charge >= 0.3 is 18.2 Å². The van der Waals surface area contributed by atoms with Crippen molar-refractivity contribution in [2.75, 3.05) is 20.3 Å². The Morgan fingerprint density at radius 2 is 1.61 bits per heavy atom. The minimum atomic E-state index is -0.892. The first-order chi connectivity index (χ1) is 19.3. The van der Waals surface area contributed by atoms with Gasteiger partial charge < -0.3 is 18.9 Å². The first-order valence-electron chi connectivity index (χ1n) is 14.1. The Kier molecular flexibility index (Phi) is 10.8. The van der Waals surface area contributed by atoms with E-state index in [1.807, 2.05) is 102 Å². The molecule has 0 aliphatic carbocycles. The minimum Gasteiger partial charge on any atom is -0.467 e. The molecule has 0 saturated carbocycles. The van der Waals surface area contributed by atoms with Crippen LogP contribution in [0.2, 0.25) is 0 Å². The summed E-state index contributed by atoms with van der Waals surface area (Å²) < 4.78 is 22.5. The first-order valence-corrected chi connectivity index (χ1v) is 14.1. The van der Waals surface area contributed by atoms with E-state index in [2.05, 4.69) is 0 Å². The van der Waals surface area contributed by atoms with Gasteiger partial charge in [0.1, 0.15) is 24.0 Å². The molecule has 1 aliphatic rings. The van der Waals surface area contributed by atoms with Crippen LogP contribution >= 0.6 is 0 Å². The van der Waals surface area contributed by atoms with Crippen molar-refractivity contribution in [1.29, 1.82) is 0 Å². The topological polar surface area (TPSA) is 94.6 Å². The number of benzene rings is 2. The summed E-state index contributed by atoms with van der Waals surface area (Å²) in [6.07, 6.45) is -0.315. The average molecular weight is 569 g/mol. The number of amides is 2. The van der Waals surface area contributed by atoms with Crippen molar-refractivity contribution in [3.63, 3.8) is 0 Å². The number of hydrogen-bond donors (Lipinski definition) is 0. The monoisotopic (exact) mass is 568 g/mol. The van der Waals surface area contributed by atoms with Gasteiger partial charge in [-0.2, -0.15) is 0 Å². The summed E-state index contributed by atoms with van der Waals surface area (Å²) in [5.41, 5.74) is 0.217. The maximum absolute atomic E-state index is 13.5. The zero-order valence-electron chi connectivity index (χ0n) is 25.3. The van der Waals surface area contributed by atoms with Crippen LogP contribution in [-0.2, 0) is 36.8 Å². The number of methoxy groups -OCH3 is 1. The quantitative estimate of drug-likeness (QED) is 0.264. The standard InChI is InChI=1S/C32H44N2O7/c1-23(27-22-40-32(5,6)34(27)30(37)41-31(2,3)4)18-19-33(29(36)39-21-25-16-12-9-13-17-25)26(28(35)38-7)20-24-14-10-8-11-15-24/h8-17,23,26-27H,18-22H2,1-7H3/t23-,26+,27-/m1/s1. The zero-order valence-corrected chi connectivity index (χ0v) is 25.3. The number of carbonyl (C=O) groups is 3. The lowest BCUT2D eigenvalue weighted by atomic mass is 9.96. The molecular formula is C32H44N2O7. The summed E-state index contributed by atoms with van der Waals surface area (Å²) in [6, 6.07) is 17.7. The van der Waals surface area contributed by atoms with Gasteiger partial charge in [0, 0.05) is 13.0 Å². The second kappa shape index (κ2) is 13.9. The van der Waals surface area contributed by atoms with E-state index in [0.717, 1.165) is 11.1 Å². The van der Waals surface area contributed by atoms with E-state index in [1.165, 1.54) is 12.0 Å². The Balaban J connectivity index is 1.82. The predicted octanol–water partition coefficient (Wildman–Crippen LogP) is 5.81. The van der Waals surface area contributed by atoms with Gasteiger partial charge in [0.05, 0.1) is 19.8 Å². The molecule has 2 aromatic rings. The fourth-order valence-electron chi connectivity index (χ4n) is 4.92. The lowest BCUT2D eigenvalue weighted by Crippen LogP contribution is -2.52. The summed E-state index contributed by atoms with van der Waals surface area (Å²) in [5.74, 6) is -0.623. The lowest BCUT2D eigenvalue weighted by Gasteiger charge is -2.37. The van der Waals surface area contributed by atoms with Gasteiger partial charge in [0.25, 0.3) is 0 Å². The second-order valence-corrected chi connectivity index (χ2v) is 11.9. The molecule has 9 nitrogen and oxygen atoms in total. The molecule has 2 aromatic carbocycles. The molecule has 0 N–H and O–H groups in total. The lowest BCUT2D eigenvalue weighted by molar-refractivity contribution is -0.146. The van der Waals surface area contributed by atoms with Crippen LogP contribution in [0.4, 0.5) is 9.59 Å². The van der Waals surface area contributed by atoms with Gasteiger partial charge in [0.2, 0.25) is 0 Å². The zero-order chi connectivity index (χ0) is 30.2. The average Bonchev–Trinajstić information content (AvgIpc) is 3.26. The summed E-state index contributed by atoms with van der Waals surface area (Å²) >= 11 is 0. The smallest absolute Gasteiger partial charge is 0.412 e. The highest BCUT2D eigenvalue weighted by Gasteiger charge is 2.47. The van der Waals surface area contributed by atoms with Gasteiger partial charge in [-0.3, -0.25) is 9.80 Å². The van der Waals surface area contributed by atoms with Crippen LogP contribution in [0, 0.1) is 5.92 Å². The Hall–Kier alpha value is -3.59. The Bertz CT molecular complexity index is 1150. The van der Waals surface area contributed by atoms with E-state index in [-0.39, 0.29) is 31.5 Å². The highest BCUT2D eigenvalue weighted by Crippen LogP contribution is 2.34. The summed E-state index contributed by atoms with van der Waals surface area (Å²) in [6.45, 7) is 11.8. The maximum atomic E-state index is 13.5. The molecule has 0 aromatic heterocycles. The van der Waals surface area contributed by atoms with Crippen molar-refractivity contribution < 1.29 is 33.3 Å². The van der Waals surface area contributed by atoms with E-state index < -0.39 is 35.5 Å². The van der Waals surface area contributed by atoms with Crippen LogP contribution in [0.1, 0.15) is 59.1 Å². The summed E-state index contributed by atoms with van der Waals surface area (Å²) in [4.78, 5) is 42.8. The van der Waals surface area contributed by atoms with E-state index in [9.17, 15) is 14.4 Å². The molecule has 1 aliphatic heterocycles. The molecule has 1 saturated heterocycles. The number of ether oxygens (including phenoxy) is 4. The third-order valence-electron chi connectivity index (χ3n) is 7.15. The molecule has 1 heterocycles. The van der Waals surface area contributed by atoms with Crippen molar-refractivity contribution in [2.24, 2.45) is 5.92 Å². The Morgan fingerprint density at radius 3 is 2.17 bits per heavy atom. The van der Waals surface area contributed by atoms with Gasteiger partial charge in [-0.15, -0.1) is 0 Å². The van der Waals surface area contributed by atoms with Crippen molar-refractivity contribution in [3.05, 3.63) is 71.8 Å². The van der Waals surface area contributed by atoms with Crippen molar-refractivity contribution >= 4 is 18.2 Å².